The highest BCUT2D eigenvalue weighted by Crippen LogP contribution is 2.20. The Bertz CT molecular complexity index is 307. The SMILES string of the molecule is Cc1ccc(C2CNCC(C)CO2)cc1. The summed E-state index contributed by atoms with van der Waals surface area (Å²) in [6, 6.07) is 8.62. The van der Waals surface area contributed by atoms with Gasteiger partial charge >= 0.3 is 0 Å². The highest BCUT2D eigenvalue weighted by Gasteiger charge is 2.17. The molecule has 2 unspecified atom stereocenters. The van der Waals surface area contributed by atoms with Gasteiger partial charge in [-0.15, -0.1) is 0 Å². The topological polar surface area (TPSA) is 21.3 Å². The molecular formula is C13H19NO. The van der Waals surface area contributed by atoms with E-state index >= 15 is 0 Å². The summed E-state index contributed by atoms with van der Waals surface area (Å²) in [4.78, 5) is 0. The first-order chi connectivity index (χ1) is 7.25. The summed E-state index contributed by atoms with van der Waals surface area (Å²) in [6.07, 6.45) is 0.218. The molecule has 2 nitrogen and oxygen atoms in total. The van der Waals surface area contributed by atoms with Gasteiger partial charge in [0.1, 0.15) is 0 Å². The molecule has 1 aromatic carbocycles. The van der Waals surface area contributed by atoms with E-state index in [2.05, 4.69) is 43.4 Å². The second-order valence-electron chi connectivity index (χ2n) is 4.50. The van der Waals surface area contributed by atoms with E-state index in [9.17, 15) is 0 Å². The molecular weight excluding hydrogens is 186 g/mol. The van der Waals surface area contributed by atoms with Crippen molar-refractivity contribution in [1.29, 1.82) is 0 Å². The van der Waals surface area contributed by atoms with Crippen molar-refractivity contribution in [2.75, 3.05) is 19.7 Å². The maximum Gasteiger partial charge on any atom is 0.0949 e. The number of hydrogen-bond acceptors (Lipinski definition) is 2. The molecule has 2 heteroatoms. The van der Waals surface area contributed by atoms with Gasteiger partial charge in [0.05, 0.1) is 12.7 Å². The van der Waals surface area contributed by atoms with Crippen molar-refractivity contribution in [2.45, 2.75) is 20.0 Å². The Morgan fingerprint density at radius 2 is 1.93 bits per heavy atom. The predicted octanol–water partition coefficient (Wildman–Crippen LogP) is 2.29. The third kappa shape index (κ3) is 2.80. The highest BCUT2D eigenvalue weighted by atomic mass is 16.5. The van der Waals surface area contributed by atoms with Gasteiger partial charge < -0.3 is 10.1 Å². The summed E-state index contributed by atoms with van der Waals surface area (Å²) in [5, 5.41) is 3.44. The van der Waals surface area contributed by atoms with E-state index in [0.717, 1.165) is 19.7 Å². The van der Waals surface area contributed by atoms with E-state index in [1.807, 2.05) is 0 Å². The van der Waals surface area contributed by atoms with Crippen LogP contribution in [-0.2, 0) is 4.74 Å². The zero-order chi connectivity index (χ0) is 10.7. The average Bonchev–Trinajstić information content (AvgIpc) is 2.44. The van der Waals surface area contributed by atoms with Crippen molar-refractivity contribution < 1.29 is 4.74 Å². The molecule has 1 aromatic rings. The number of benzene rings is 1. The van der Waals surface area contributed by atoms with Crippen LogP contribution in [-0.4, -0.2) is 19.7 Å². The Morgan fingerprint density at radius 3 is 2.67 bits per heavy atom. The fourth-order valence-electron chi connectivity index (χ4n) is 1.85. The van der Waals surface area contributed by atoms with Crippen molar-refractivity contribution in [3.8, 4) is 0 Å². The molecule has 1 fully saturated rings. The van der Waals surface area contributed by atoms with Crippen molar-refractivity contribution in [3.05, 3.63) is 35.4 Å². The summed E-state index contributed by atoms with van der Waals surface area (Å²) in [6.45, 7) is 7.16. The molecule has 1 heterocycles. The maximum atomic E-state index is 5.88. The van der Waals surface area contributed by atoms with Gasteiger partial charge in [-0.25, -0.2) is 0 Å². The molecule has 0 saturated carbocycles. The smallest absolute Gasteiger partial charge is 0.0949 e. The van der Waals surface area contributed by atoms with Crippen LogP contribution in [0.15, 0.2) is 24.3 Å². The van der Waals surface area contributed by atoms with Crippen LogP contribution in [0.4, 0.5) is 0 Å². The van der Waals surface area contributed by atoms with Crippen LogP contribution in [0.2, 0.25) is 0 Å². The third-order valence-corrected chi connectivity index (χ3v) is 2.85. The van der Waals surface area contributed by atoms with Crippen molar-refractivity contribution in [2.24, 2.45) is 5.92 Å². The summed E-state index contributed by atoms with van der Waals surface area (Å²) in [7, 11) is 0. The minimum Gasteiger partial charge on any atom is -0.372 e. The van der Waals surface area contributed by atoms with Gasteiger partial charge in [0, 0.05) is 13.1 Å². The van der Waals surface area contributed by atoms with Crippen molar-refractivity contribution in [3.63, 3.8) is 0 Å². The molecule has 1 N–H and O–H groups in total. The van der Waals surface area contributed by atoms with Crippen LogP contribution in [0.5, 0.6) is 0 Å². The lowest BCUT2D eigenvalue weighted by molar-refractivity contribution is 0.0515. The minimum atomic E-state index is 0.218. The molecule has 0 aromatic heterocycles. The number of nitrogens with one attached hydrogen (secondary N) is 1. The molecule has 1 aliphatic rings. The first-order valence-electron chi connectivity index (χ1n) is 5.64. The van der Waals surface area contributed by atoms with E-state index in [-0.39, 0.29) is 6.10 Å². The first-order valence-corrected chi connectivity index (χ1v) is 5.64. The molecule has 2 rings (SSSR count). The number of rotatable bonds is 1. The Kier molecular flexibility index (Phi) is 3.39. The van der Waals surface area contributed by atoms with Crippen LogP contribution in [0.3, 0.4) is 0 Å². The summed E-state index contributed by atoms with van der Waals surface area (Å²) in [5.41, 5.74) is 2.58. The Morgan fingerprint density at radius 1 is 1.20 bits per heavy atom. The molecule has 0 aliphatic carbocycles. The van der Waals surface area contributed by atoms with Gasteiger partial charge in [0.2, 0.25) is 0 Å². The minimum absolute atomic E-state index is 0.218. The molecule has 0 amide bonds. The second kappa shape index (κ2) is 4.77. The van der Waals surface area contributed by atoms with Crippen LogP contribution in [0.25, 0.3) is 0 Å². The number of hydrogen-bond donors (Lipinski definition) is 1. The largest absolute Gasteiger partial charge is 0.372 e. The van der Waals surface area contributed by atoms with E-state index in [1.54, 1.807) is 0 Å². The molecule has 82 valence electrons. The Hall–Kier alpha value is -0.860. The molecule has 2 atom stereocenters. The van der Waals surface area contributed by atoms with Gasteiger partial charge in [0.25, 0.3) is 0 Å². The van der Waals surface area contributed by atoms with Gasteiger partial charge in [-0.2, -0.15) is 0 Å². The van der Waals surface area contributed by atoms with E-state index in [0.29, 0.717) is 5.92 Å². The fraction of sp³-hybridized carbons (Fsp3) is 0.538. The van der Waals surface area contributed by atoms with E-state index in [1.165, 1.54) is 11.1 Å². The van der Waals surface area contributed by atoms with E-state index < -0.39 is 0 Å². The Labute approximate surface area is 91.6 Å². The molecule has 1 aliphatic heterocycles. The zero-order valence-corrected chi connectivity index (χ0v) is 9.49. The lowest BCUT2D eigenvalue weighted by Gasteiger charge is -2.15. The van der Waals surface area contributed by atoms with Gasteiger partial charge in [-0.05, 0) is 18.4 Å². The number of aryl methyl sites for hydroxylation is 1. The summed E-state index contributed by atoms with van der Waals surface area (Å²) >= 11 is 0. The lowest BCUT2D eigenvalue weighted by atomic mass is 10.1. The number of ether oxygens (including phenoxy) is 1. The fourth-order valence-corrected chi connectivity index (χ4v) is 1.85. The van der Waals surface area contributed by atoms with E-state index in [4.69, 9.17) is 4.74 Å². The molecule has 0 bridgehead atoms. The summed E-state index contributed by atoms with van der Waals surface area (Å²) in [5.74, 6) is 0.612. The predicted molar refractivity (Wildman–Crippen MR) is 61.9 cm³/mol. The molecule has 1 saturated heterocycles. The lowest BCUT2D eigenvalue weighted by Crippen LogP contribution is -2.22. The average molecular weight is 205 g/mol. The van der Waals surface area contributed by atoms with Crippen LogP contribution < -0.4 is 5.32 Å². The van der Waals surface area contributed by atoms with Crippen LogP contribution >= 0.6 is 0 Å². The monoisotopic (exact) mass is 205 g/mol. The van der Waals surface area contributed by atoms with Crippen molar-refractivity contribution in [1.82, 2.24) is 5.32 Å². The normalized spacial score (nSPS) is 27.3. The second-order valence-corrected chi connectivity index (χ2v) is 4.50. The van der Waals surface area contributed by atoms with Gasteiger partial charge in [-0.1, -0.05) is 36.8 Å². The Balaban J connectivity index is 2.06. The first kappa shape index (κ1) is 10.7. The zero-order valence-electron chi connectivity index (χ0n) is 9.49. The summed E-state index contributed by atoms with van der Waals surface area (Å²) < 4.78 is 5.88. The van der Waals surface area contributed by atoms with Crippen LogP contribution in [0, 0.1) is 12.8 Å². The van der Waals surface area contributed by atoms with Crippen LogP contribution in [0.1, 0.15) is 24.2 Å². The van der Waals surface area contributed by atoms with Crippen molar-refractivity contribution >= 4 is 0 Å². The van der Waals surface area contributed by atoms with Gasteiger partial charge in [0.15, 0.2) is 0 Å². The molecule has 0 spiro atoms. The quantitative estimate of drug-likeness (QED) is 0.759. The van der Waals surface area contributed by atoms with Gasteiger partial charge in [-0.3, -0.25) is 0 Å². The highest BCUT2D eigenvalue weighted by molar-refractivity contribution is 5.23. The molecule has 0 radical (unpaired) electrons. The standard InChI is InChI=1S/C13H19NO/c1-10-3-5-12(6-4-10)13-8-14-7-11(2)9-15-13/h3-6,11,13-14H,7-9H2,1-2H3. The third-order valence-electron chi connectivity index (χ3n) is 2.85. The molecule has 15 heavy (non-hydrogen) atoms. The maximum absolute atomic E-state index is 5.88.